The summed E-state index contributed by atoms with van der Waals surface area (Å²) in [4.78, 5) is 0. The Balaban J connectivity index is 2.04. The predicted molar refractivity (Wildman–Crippen MR) is 66.2 cm³/mol. The quantitative estimate of drug-likeness (QED) is 0.849. The van der Waals surface area contributed by atoms with Crippen LogP contribution >= 0.6 is 0 Å². The van der Waals surface area contributed by atoms with Crippen molar-refractivity contribution in [2.75, 3.05) is 6.54 Å². The van der Waals surface area contributed by atoms with Crippen molar-refractivity contribution in [1.29, 1.82) is 0 Å². The highest BCUT2D eigenvalue weighted by atomic mass is 15.3. The number of hydrogen-bond acceptors (Lipinski definition) is 2. The first-order chi connectivity index (χ1) is 7.70. The SMILES string of the molecule is Cc1cc(CC2CCCCC2CN)n(C)n1. The van der Waals surface area contributed by atoms with E-state index in [0.717, 1.165) is 30.5 Å². The van der Waals surface area contributed by atoms with Crippen LogP contribution in [0.2, 0.25) is 0 Å². The predicted octanol–water partition coefficient (Wildman–Crippen LogP) is 2.04. The minimum atomic E-state index is 0.726. The van der Waals surface area contributed by atoms with Gasteiger partial charge in [-0.25, -0.2) is 0 Å². The molecule has 0 aromatic carbocycles. The van der Waals surface area contributed by atoms with E-state index in [0.29, 0.717) is 0 Å². The zero-order valence-corrected chi connectivity index (χ0v) is 10.4. The van der Waals surface area contributed by atoms with Crippen LogP contribution in [0.25, 0.3) is 0 Å². The highest BCUT2D eigenvalue weighted by Gasteiger charge is 2.24. The molecule has 0 spiro atoms. The summed E-state index contributed by atoms with van der Waals surface area (Å²) in [5, 5.41) is 4.41. The summed E-state index contributed by atoms with van der Waals surface area (Å²) in [5.74, 6) is 1.50. The maximum Gasteiger partial charge on any atom is 0.0596 e. The fourth-order valence-corrected chi connectivity index (χ4v) is 2.99. The van der Waals surface area contributed by atoms with Crippen LogP contribution in [0, 0.1) is 18.8 Å². The molecular weight excluding hydrogens is 198 g/mol. The molecular formula is C13H23N3. The van der Waals surface area contributed by atoms with Gasteiger partial charge in [0.25, 0.3) is 0 Å². The molecule has 0 amide bonds. The third-order valence-corrected chi connectivity index (χ3v) is 3.94. The summed E-state index contributed by atoms with van der Waals surface area (Å²) < 4.78 is 2.03. The molecule has 0 bridgehead atoms. The lowest BCUT2D eigenvalue weighted by atomic mass is 9.77. The zero-order chi connectivity index (χ0) is 11.5. The molecule has 1 aromatic rings. The summed E-state index contributed by atoms with van der Waals surface area (Å²) in [6, 6.07) is 2.21. The molecule has 3 heteroatoms. The highest BCUT2D eigenvalue weighted by Crippen LogP contribution is 2.31. The topological polar surface area (TPSA) is 43.8 Å². The second kappa shape index (κ2) is 5.00. The van der Waals surface area contributed by atoms with E-state index >= 15 is 0 Å². The lowest BCUT2D eigenvalue weighted by molar-refractivity contribution is 0.239. The maximum absolute atomic E-state index is 5.87. The Kier molecular flexibility index (Phi) is 3.64. The summed E-state index contributed by atoms with van der Waals surface area (Å²) in [6.07, 6.45) is 6.55. The smallest absolute Gasteiger partial charge is 0.0596 e. The second-order valence-corrected chi connectivity index (χ2v) is 5.15. The first-order valence-corrected chi connectivity index (χ1v) is 6.40. The lowest BCUT2D eigenvalue weighted by Crippen LogP contribution is -2.28. The highest BCUT2D eigenvalue weighted by molar-refractivity contribution is 5.09. The summed E-state index contributed by atoms with van der Waals surface area (Å²) in [5.41, 5.74) is 8.35. The molecule has 0 radical (unpaired) electrons. The van der Waals surface area contributed by atoms with E-state index in [4.69, 9.17) is 5.73 Å². The third-order valence-electron chi connectivity index (χ3n) is 3.94. The third kappa shape index (κ3) is 2.46. The fourth-order valence-electron chi connectivity index (χ4n) is 2.99. The van der Waals surface area contributed by atoms with Crippen LogP contribution in [0.1, 0.15) is 37.1 Å². The molecule has 2 atom stereocenters. The van der Waals surface area contributed by atoms with Gasteiger partial charge in [0.2, 0.25) is 0 Å². The van der Waals surface area contributed by atoms with E-state index in [1.54, 1.807) is 0 Å². The molecule has 1 saturated carbocycles. The van der Waals surface area contributed by atoms with Crippen LogP contribution in [-0.2, 0) is 13.5 Å². The average molecular weight is 221 g/mol. The number of aryl methyl sites for hydroxylation is 2. The van der Waals surface area contributed by atoms with Gasteiger partial charge in [0.05, 0.1) is 5.69 Å². The molecule has 16 heavy (non-hydrogen) atoms. The zero-order valence-electron chi connectivity index (χ0n) is 10.4. The first-order valence-electron chi connectivity index (χ1n) is 6.40. The monoisotopic (exact) mass is 221 g/mol. The Hall–Kier alpha value is -0.830. The summed E-state index contributed by atoms with van der Waals surface area (Å²) >= 11 is 0. The van der Waals surface area contributed by atoms with Crippen LogP contribution in [0.5, 0.6) is 0 Å². The van der Waals surface area contributed by atoms with Crippen molar-refractivity contribution in [2.45, 2.75) is 39.0 Å². The molecule has 1 aliphatic carbocycles. The Morgan fingerprint density at radius 1 is 1.38 bits per heavy atom. The van der Waals surface area contributed by atoms with Gasteiger partial charge in [0, 0.05) is 12.7 Å². The maximum atomic E-state index is 5.87. The van der Waals surface area contributed by atoms with Gasteiger partial charge in [0.1, 0.15) is 0 Å². The number of aromatic nitrogens is 2. The van der Waals surface area contributed by atoms with Crippen LogP contribution in [-0.4, -0.2) is 16.3 Å². The number of rotatable bonds is 3. The Morgan fingerprint density at radius 2 is 2.06 bits per heavy atom. The molecule has 2 N–H and O–H groups in total. The van der Waals surface area contributed by atoms with Crippen LogP contribution in [0.3, 0.4) is 0 Å². The fraction of sp³-hybridized carbons (Fsp3) is 0.769. The Morgan fingerprint density at radius 3 is 2.62 bits per heavy atom. The summed E-state index contributed by atoms with van der Waals surface area (Å²) in [7, 11) is 2.04. The van der Waals surface area contributed by atoms with Crippen molar-refractivity contribution in [2.24, 2.45) is 24.6 Å². The van der Waals surface area contributed by atoms with E-state index < -0.39 is 0 Å². The van der Waals surface area contributed by atoms with Gasteiger partial charge in [-0.3, -0.25) is 4.68 Å². The average Bonchev–Trinajstić information content (AvgIpc) is 2.58. The van der Waals surface area contributed by atoms with Crippen molar-refractivity contribution in [3.8, 4) is 0 Å². The molecule has 2 unspecified atom stereocenters. The van der Waals surface area contributed by atoms with E-state index in [2.05, 4.69) is 18.1 Å². The van der Waals surface area contributed by atoms with Crippen molar-refractivity contribution in [1.82, 2.24) is 9.78 Å². The molecule has 1 aromatic heterocycles. The van der Waals surface area contributed by atoms with Crippen LogP contribution < -0.4 is 5.73 Å². The molecule has 1 heterocycles. The van der Waals surface area contributed by atoms with Gasteiger partial charge >= 0.3 is 0 Å². The molecule has 1 aliphatic rings. The van der Waals surface area contributed by atoms with E-state index in [9.17, 15) is 0 Å². The van der Waals surface area contributed by atoms with Crippen molar-refractivity contribution < 1.29 is 0 Å². The van der Waals surface area contributed by atoms with Crippen molar-refractivity contribution in [3.63, 3.8) is 0 Å². The minimum Gasteiger partial charge on any atom is -0.330 e. The first kappa shape index (κ1) is 11.6. The van der Waals surface area contributed by atoms with Gasteiger partial charge in [0.15, 0.2) is 0 Å². The second-order valence-electron chi connectivity index (χ2n) is 5.15. The normalized spacial score (nSPS) is 25.9. The molecule has 1 fully saturated rings. The number of hydrogen-bond donors (Lipinski definition) is 1. The van der Waals surface area contributed by atoms with Gasteiger partial charge in [-0.15, -0.1) is 0 Å². The van der Waals surface area contributed by atoms with E-state index in [1.165, 1.54) is 31.4 Å². The molecule has 0 aliphatic heterocycles. The van der Waals surface area contributed by atoms with Crippen molar-refractivity contribution >= 4 is 0 Å². The van der Waals surface area contributed by atoms with Crippen LogP contribution in [0.15, 0.2) is 6.07 Å². The molecule has 2 rings (SSSR count). The van der Waals surface area contributed by atoms with Crippen LogP contribution in [0.4, 0.5) is 0 Å². The standard InChI is InChI=1S/C13H23N3/c1-10-7-13(16(2)15-10)8-11-5-3-4-6-12(11)9-14/h7,11-12H,3-6,8-9,14H2,1-2H3. The number of nitrogens with zero attached hydrogens (tertiary/aromatic N) is 2. The van der Waals surface area contributed by atoms with Gasteiger partial charge in [-0.1, -0.05) is 12.8 Å². The van der Waals surface area contributed by atoms with E-state index in [-0.39, 0.29) is 0 Å². The van der Waals surface area contributed by atoms with Crippen molar-refractivity contribution in [3.05, 3.63) is 17.5 Å². The Labute approximate surface area is 98.0 Å². The van der Waals surface area contributed by atoms with E-state index in [1.807, 2.05) is 11.7 Å². The van der Waals surface area contributed by atoms with Gasteiger partial charge in [-0.05, 0) is 50.6 Å². The van der Waals surface area contributed by atoms with Gasteiger partial charge < -0.3 is 5.73 Å². The minimum absolute atomic E-state index is 0.726. The largest absolute Gasteiger partial charge is 0.330 e. The Bertz CT molecular complexity index is 343. The van der Waals surface area contributed by atoms with Gasteiger partial charge in [-0.2, -0.15) is 5.10 Å². The molecule has 3 nitrogen and oxygen atoms in total. The molecule has 90 valence electrons. The number of nitrogens with two attached hydrogens (primary N) is 1. The molecule has 0 saturated heterocycles. The lowest BCUT2D eigenvalue weighted by Gasteiger charge is -2.30. The summed E-state index contributed by atoms with van der Waals surface area (Å²) in [6.45, 7) is 2.91.